The van der Waals surface area contributed by atoms with Crippen LogP contribution in [-0.4, -0.2) is 24.1 Å². The van der Waals surface area contributed by atoms with Crippen LogP contribution < -0.4 is 9.84 Å². The Hall–Kier alpha value is -2.60. The van der Waals surface area contributed by atoms with Gasteiger partial charge in [-0.2, -0.15) is 0 Å². The lowest BCUT2D eigenvalue weighted by molar-refractivity contribution is -0.307. The molecule has 0 aromatic heterocycles. The van der Waals surface area contributed by atoms with Crippen LogP contribution in [0, 0.1) is 0 Å². The molecule has 28 heavy (non-hydrogen) atoms. The molecule has 1 heterocycles. The summed E-state index contributed by atoms with van der Waals surface area (Å²) in [5.41, 5.74) is 1.42. The fraction of sp³-hybridized carbons (Fsp3) is 0.381. The fourth-order valence-electron chi connectivity index (χ4n) is 4.14. The molecule has 1 aromatic rings. The lowest BCUT2D eigenvalue weighted by Gasteiger charge is -2.36. The second-order valence-electron chi connectivity index (χ2n) is 7.11. The number of carbonyl (C=O) groups is 3. The van der Waals surface area contributed by atoms with Crippen LogP contribution >= 0.6 is 11.6 Å². The molecule has 0 bridgehead atoms. The molecule has 6 nitrogen and oxygen atoms in total. The number of hydrogen-bond acceptors (Lipinski definition) is 6. The lowest BCUT2D eigenvalue weighted by Crippen LogP contribution is -2.31. The van der Waals surface area contributed by atoms with Gasteiger partial charge in [-0.1, -0.05) is 11.6 Å². The average molecular weight is 402 g/mol. The number of halogens is 1. The van der Waals surface area contributed by atoms with Crippen molar-refractivity contribution in [1.29, 1.82) is 0 Å². The number of Topliss-reactive ketones (excluding diaryl/α,β-unsaturated/α-hetero) is 2. The molecule has 0 atom stereocenters. The second kappa shape index (κ2) is 7.43. The number of aliphatic carboxylic acids is 1. The van der Waals surface area contributed by atoms with Gasteiger partial charge in [0.05, 0.1) is 11.9 Å². The fourth-order valence-corrected chi connectivity index (χ4v) is 4.32. The maximum Gasteiger partial charge on any atom is 0.163 e. The van der Waals surface area contributed by atoms with Crippen molar-refractivity contribution in [2.24, 2.45) is 0 Å². The molecular formula is C21H18ClO6-. The molecule has 0 saturated heterocycles. The minimum absolute atomic E-state index is 0.0676. The van der Waals surface area contributed by atoms with Crippen LogP contribution in [0.1, 0.15) is 50.0 Å². The van der Waals surface area contributed by atoms with Crippen molar-refractivity contribution >= 4 is 29.1 Å². The maximum absolute atomic E-state index is 12.8. The normalized spacial score (nSPS) is 19.9. The van der Waals surface area contributed by atoms with Gasteiger partial charge in [0.15, 0.2) is 11.6 Å². The largest absolute Gasteiger partial charge is 0.546 e. The Morgan fingerprint density at radius 1 is 1.07 bits per heavy atom. The Balaban J connectivity index is 1.90. The van der Waals surface area contributed by atoms with Gasteiger partial charge >= 0.3 is 0 Å². The summed E-state index contributed by atoms with van der Waals surface area (Å²) in [4.78, 5) is 36.5. The van der Waals surface area contributed by atoms with Gasteiger partial charge in [0.2, 0.25) is 0 Å². The van der Waals surface area contributed by atoms with E-state index in [4.69, 9.17) is 21.1 Å². The number of carboxylic acids is 1. The summed E-state index contributed by atoms with van der Waals surface area (Å²) in [6.45, 7) is -0.641. The van der Waals surface area contributed by atoms with Crippen molar-refractivity contribution in [3.8, 4) is 5.75 Å². The molecule has 0 radical (unpaired) electrons. The number of ether oxygens (including phenoxy) is 2. The number of allylic oxidation sites excluding steroid dienone is 4. The number of hydrogen-bond donors (Lipinski definition) is 0. The standard InChI is InChI=1S/C21H19ClO6/c22-11-7-8-15(27-10-18(25)26)12(9-11)19-20-13(23)3-1-5-16(20)28-17-6-2-4-14(24)21(17)19/h7-9,19H,1-6,10H2,(H,25,26)/p-1. The monoisotopic (exact) mass is 401 g/mol. The van der Waals surface area contributed by atoms with Gasteiger partial charge < -0.3 is 19.4 Å². The van der Waals surface area contributed by atoms with Gasteiger partial charge in [-0.05, 0) is 31.0 Å². The first-order chi connectivity index (χ1) is 13.5. The molecule has 146 valence electrons. The highest BCUT2D eigenvalue weighted by Crippen LogP contribution is 2.50. The molecule has 2 aliphatic carbocycles. The van der Waals surface area contributed by atoms with Gasteiger partial charge in [-0.15, -0.1) is 0 Å². The van der Waals surface area contributed by atoms with Gasteiger partial charge in [0, 0.05) is 47.4 Å². The van der Waals surface area contributed by atoms with E-state index in [2.05, 4.69) is 0 Å². The number of rotatable bonds is 4. The highest BCUT2D eigenvalue weighted by atomic mass is 35.5. The minimum atomic E-state index is -1.37. The zero-order chi connectivity index (χ0) is 19.8. The van der Waals surface area contributed by atoms with Crippen molar-refractivity contribution < 1.29 is 29.0 Å². The molecule has 0 amide bonds. The van der Waals surface area contributed by atoms with E-state index in [1.165, 1.54) is 0 Å². The summed E-state index contributed by atoms with van der Waals surface area (Å²) in [6.07, 6.45) is 3.41. The summed E-state index contributed by atoms with van der Waals surface area (Å²) < 4.78 is 11.4. The number of benzene rings is 1. The van der Waals surface area contributed by atoms with Crippen molar-refractivity contribution in [2.45, 2.75) is 44.4 Å². The SMILES string of the molecule is O=C([O-])COc1ccc(Cl)cc1C1C2=C(CCCC2=O)OC2=C1C(=O)CCC2. The van der Waals surface area contributed by atoms with E-state index in [0.717, 1.165) is 0 Å². The molecule has 4 rings (SSSR count). The van der Waals surface area contributed by atoms with Crippen LogP contribution in [0.3, 0.4) is 0 Å². The maximum atomic E-state index is 12.8. The Morgan fingerprint density at radius 3 is 2.25 bits per heavy atom. The van der Waals surface area contributed by atoms with Crippen LogP contribution in [0.2, 0.25) is 5.02 Å². The van der Waals surface area contributed by atoms with Crippen molar-refractivity contribution in [3.05, 3.63) is 51.4 Å². The third-order valence-corrected chi connectivity index (χ3v) is 5.50. The Morgan fingerprint density at radius 2 is 1.68 bits per heavy atom. The first kappa shape index (κ1) is 18.7. The molecule has 1 aliphatic heterocycles. The minimum Gasteiger partial charge on any atom is -0.546 e. The molecular weight excluding hydrogens is 384 g/mol. The summed E-state index contributed by atoms with van der Waals surface area (Å²) in [6, 6.07) is 4.75. The van der Waals surface area contributed by atoms with Gasteiger partial charge in [-0.3, -0.25) is 9.59 Å². The highest BCUT2D eigenvalue weighted by Gasteiger charge is 2.42. The van der Waals surface area contributed by atoms with Gasteiger partial charge in [0.25, 0.3) is 0 Å². The van der Waals surface area contributed by atoms with Gasteiger partial charge in [-0.25, -0.2) is 0 Å². The molecule has 3 aliphatic rings. The Bertz CT molecular complexity index is 900. The van der Waals surface area contributed by atoms with E-state index < -0.39 is 18.5 Å². The summed E-state index contributed by atoms with van der Waals surface area (Å²) in [5.74, 6) is -0.703. The smallest absolute Gasteiger partial charge is 0.163 e. The highest BCUT2D eigenvalue weighted by molar-refractivity contribution is 6.30. The molecule has 0 saturated carbocycles. The lowest BCUT2D eigenvalue weighted by atomic mass is 9.73. The van der Waals surface area contributed by atoms with Crippen molar-refractivity contribution in [3.63, 3.8) is 0 Å². The van der Waals surface area contributed by atoms with E-state index in [1.807, 2.05) is 0 Å². The molecule has 0 N–H and O–H groups in total. The van der Waals surface area contributed by atoms with Crippen molar-refractivity contribution in [1.82, 2.24) is 0 Å². The second-order valence-corrected chi connectivity index (χ2v) is 7.54. The van der Waals surface area contributed by atoms with Crippen LogP contribution in [0.5, 0.6) is 5.75 Å². The van der Waals surface area contributed by atoms with E-state index in [-0.39, 0.29) is 17.3 Å². The Kier molecular flexibility index (Phi) is 4.98. The quantitative estimate of drug-likeness (QED) is 0.769. The summed E-state index contributed by atoms with van der Waals surface area (Å²) in [5, 5.41) is 11.3. The van der Waals surface area contributed by atoms with Crippen LogP contribution in [-0.2, 0) is 19.1 Å². The summed E-state index contributed by atoms with van der Waals surface area (Å²) in [7, 11) is 0. The van der Waals surface area contributed by atoms with E-state index >= 15 is 0 Å². The molecule has 0 fully saturated rings. The Labute approximate surface area is 166 Å². The van der Waals surface area contributed by atoms with E-state index in [9.17, 15) is 19.5 Å². The van der Waals surface area contributed by atoms with Crippen LogP contribution in [0.4, 0.5) is 0 Å². The van der Waals surface area contributed by atoms with E-state index in [1.54, 1.807) is 18.2 Å². The third kappa shape index (κ3) is 3.33. The third-order valence-electron chi connectivity index (χ3n) is 5.27. The number of ketones is 2. The predicted molar refractivity (Wildman–Crippen MR) is 97.5 cm³/mol. The molecule has 0 spiro atoms. The molecule has 7 heteroatoms. The van der Waals surface area contributed by atoms with Crippen molar-refractivity contribution in [2.75, 3.05) is 6.61 Å². The molecule has 1 aromatic carbocycles. The number of carboxylic acid groups (broad SMARTS) is 1. The zero-order valence-electron chi connectivity index (χ0n) is 15.1. The molecule has 0 unspecified atom stereocenters. The average Bonchev–Trinajstić information content (AvgIpc) is 2.66. The number of carbonyl (C=O) groups excluding carboxylic acids is 3. The first-order valence-electron chi connectivity index (χ1n) is 9.28. The summed E-state index contributed by atoms with van der Waals surface area (Å²) >= 11 is 6.20. The van der Waals surface area contributed by atoms with E-state index in [0.29, 0.717) is 71.8 Å². The van der Waals surface area contributed by atoms with Crippen LogP contribution in [0.25, 0.3) is 0 Å². The topological polar surface area (TPSA) is 92.7 Å². The predicted octanol–water partition coefficient (Wildman–Crippen LogP) is 2.60. The zero-order valence-corrected chi connectivity index (χ0v) is 15.8. The van der Waals surface area contributed by atoms with Gasteiger partial charge in [0.1, 0.15) is 23.9 Å². The van der Waals surface area contributed by atoms with Crippen LogP contribution in [0.15, 0.2) is 40.9 Å². The first-order valence-corrected chi connectivity index (χ1v) is 9.66.